The van der Waals surface area contributed by atoms with Crippen molar-refractivity contribution in [3.05, 3.63) is 30.4 Å². The van der Waals surface area contributed by atoms with Crippen LogP contribution in [0.25, 0.3) is 11.4 Å². The van der Waals surface area contributed by atoms with E-state index < -0.39 is 0 Å². The van der Waals surface area contributed by atoms with Gasteiger partial charge in [0.15, 0.2) is 5.82 Å². The van der Waals surface area contributed by atoms with Crippen molar-refractivity contribution in [3.8, 4) is 11.4 Å². The highest BCUT2D eigenvalue weighted by molar-refractivity contribution is 5.83. The molecule has 24 heavy (non-hydrogen) atoms. The minimum atomic E-state index is -0.218. The molecule has 0 bridgehead atoms. The minimum absolute atomic E-state index is 0.0662. The average Bonchev–Trinajstić information content (AvgIpc) is 3.07. The summed E-state index contributed by atoms with van der Waals surface area (Å²) < 4.78 is 7.43. The Morgan fingerprint density at radius 3 is 2.75 bits per heavy atom. The van der Waals surface area contributed by atoms with E-state index in [1.54, 1.807) is 12.4 Å². The number of hydrogen-bond donors (Lipinski definition) is 1. The van der Waals surface area contributed by atoms with Gasteiger partial charge in [-0.15, -0.1) is 10.2 Å². The maximum atomic E-state index is 12.7. The smallest absolute Gasteiger partial charge is 0.231 e. The molecule has 4 rings (SSSR count). The van der Waals surface area contributed by atoms with Gasteiger partial charge in [0.2, 0.25) is 5.91 Å². The summed E-state index contributed by atoms with van der Waals surface area (Å²) in [7, 11) is 0. The fraction of sp³-hybridized carbons (Fsp3) is 0.529. The first-order chi connectivity index (χ1) is 11.8. The molecule has 7 heteroatoms. The summed E-state index contributed by atoms with van der Waals surface area (Å²) in [4.78, 5) is 16.8. The van der Waals surface area contributed by atoms with E-state index in [1.165, 1.54) is 0 Å². The molecule has 1 N–H and O–H groups in total. The summed E-state index contributed by atoms with van der Waals surface area (Å²) in [6, 6.07) is 4.05. The summed E-state index contributed by atoms with van der Waals surface area (Å²) >= 11 is 0. The first-order valence-electron chi connectivity index (χ1n) is 8.54. The molecule has 1 saturated heterocycles. The van der Waals surface area contributed by atoms with Crippen LogP contribution in [0.15, 0.2) is 24.5 Å². The predicted octanol–water partition coefficient (Wildman–Crippen LogP) is 1.51. The summed E-state index contributed by atoms with van der Waals surface area (Å²) in [5, 5.41) is 11.8. The predicted molar refractivity (Wildman–Crippen MR) is 87.2 cm³/mol. The van der Waals surface area contributed by atoms with Gasteiger partial charge < -0.3 is 14.6 Å². The summed E-state index contributed by atoms with van der Waals surface area (Å²) in [6.45, 7) is 2.29. The molecule has 1 amide bonds. The van der Waals surface area contributed by atoms with E-state index in [9.17, 15) is 4.79 Å². The molecule has 1 fully saturated rings. The van der Waals surface area contributed by atoms with Crippen LogP contribution in [0.3, 0.4) is 0 Å². The van der Waals surface area contributed by atoms with Crippen molar-refractivity contribution in [1.82, 2.24) is 25.1 Å². The second kappa shape index (κ2) is 6.68. The Morgan fingerprint density at radius 2 is 1.96 bits per heavy atom. The Hall–Kier alpha value is -2.28. The van der Waals surface area contributed by atoms with E-state index in [-0.39, 0.29) is 17.9 Å². The van der Waals surface area contributed by atoms with E-state index >= 15 is 0 Å². The second-order valence-electron chi connectivity index (χ2n) is 6.36. The molecule has 2 aliphatic rings. The van der Waals surface area contributed by atoms with Crippen LogP contribution in [-0.2, 0) is 16.1 Å². The van der Waals surface area contributed by atoms with E-state index in [1.807, 2.05) is 12.1 Å². The van der Waals surface area contributed by atoms with E-state index in [0.717, 1.165) is 62.7 Å². The van der Waals surface area contributed by atoms with Crippen molar-refractivity contribution >= 4 is 5.91 Å². The zero-order valence-electron chi connectivity index (χ0n) is 13.5. The van der Waals surface area contributed by atoms with Gasteiger partial charge in [0.05, 0.1) is 5.92 Å². The van der Waals surface area contributed by atoms with Gasteiger partial charge in [-0.25, -0.2) is 0 Å². The van der Waals surface area contributed by atoms with Crippen molar-refractivity contribution in [2.45, 2.75) is 44.2 Å². The third-order valence-electron chi connectivity index (χ3n) is 4.79. The van der Waals surface area contributed by atoms with Crippen molar-refractivity contribution in [1.29, 1.82) is 0 Å². The van der Waals surface area contributed by atoms with Gasteiger partial charge in [0.25, 0.3) is 0 Å². The van der Waals surface area contributed by atoms with Crippen molar-refractivity contribution < 1.29 is 9.53 Å². The van der Waals surface area contributed by atoms with Crippen LogP contribution in [0, 0.1) is 0 Å². The number of nitrogens with one attached hydrogen (secondary N) is 1. The molecule has 0 radical (unpaired) electrons. The molecular formula is C17H21N5O2. The normalized spacial score (nSPS) is 21.2. The standard InChI is InChI=1S/C17H21N5O2/c23-17(19-13-5-10-24-11-6-13)14-2-1-9-22-15(20-21-16(14)22)12-3-7-18-8-4-12/h3-4,7-8,13-14H,1-2,5-6,9-11H2,(H,19,23). The third kappa shape index (κ3) is 2.91. The maximum Gasteiger partial charge on any atom is 0.231 e. The molecule has 1 unspecified atom stereocenters. The van der Waals surface area contributed by atoms with Gasteiger partial charge in [-0.3, -0.25) is 9.78 Å². The van der Waals surface area contributed by atoms with Gasteiger partial charge in [0.1, 0.15) is 5.82 Å². The second-order valence-corrected chi connectivity index (χ2v) is 6.36. The van der Waals surface area contributed by atoms with Crippen LogP contribution in [0.5, 0.6) is 0 Å². The lowest BCUT2D eigenvalue weighted by atomic mass is 9.96. The number of aromatic nitrogens is 4. The number of amides is 1. The van der Waals surface area contributed by atoms with E-state index in [2.05, 4.69) is 25.1 Å². The lowest BCUT2D eigenvalue weighted by molar-refractivity contribution is -0.124. The third-order valence-corrected chi connectivity index (χ3v) is 4.79. The van der Waals surface area contributed by atoms with Crippen LogP contribution in [0.4, 0.5) is 0 Å². The number of carbonyl (C=O) groups excluding carboxylic acids is 1. The fourth-order valence-electron chi connectivity index (χ4n) is 3.48. The number of ether oxygens (including phenoxy) is 1. The van der Waals surface area contributed by atoms with Crippen LogP contribution >= 0.6 is 0 Å². The van der Waals surface area contributed by atoms with Crippen molar-refractivity contribution in [2.24, 2.45) is 0 Å². The monoisotopic (exact) mass is 327 g/mol. The Morgan fingerprint density at radius 1 is 1.17 bits per heavy atom. The number of fused-ring (bicyclic) bond motifs is 1. The van der Waals surface area contributed by atoms with Crippen molar-refractivity contribution in [2.75, 3.05) is 13.2 Å². The summed E-state index contributed by atoms with van der Waals surface area (Å²) in [5.74, 6) is 1.44. The topological polar surface area (TPSA) is 81.9 Å². The van der Waals surface area contributed by atoms with Crippen molar-refractivity contribution in [3.63, 3.8) is 0 Å². The van der Waals surface area contributed by atoms with Crippen LogP contribution in [0.2, 0.25) is 0 Å². The van der Waals surface area contributed by atoms with E-state index in [0.29, 0.717) is 0 Å². The SMILES string of the molecule is O=C(NC1CCOCC1)C1CCCn2c(-c3ccncc3)nnc21. The molecule has 1 atom stereocenters. The molecule has 126 valence electrons. The molecule has 2 aromatic heterocycles. The van der Waals surface area contributed by atoms with Crippen LogP contribution < -0.4 is 5.32 Å². The molecule has 0 aromatic carbocycles. The van der Waals surface area contributed by atoms with Gasteiger partial charge >= 0.3 is 0 Å². The molecule has 0 spiro atoms. The zero-order chi connectivity index (χ0) is 16.4. The van der Waals surface area contributed by atoms with Gasteiger partial charge in [0, 0.05) is 43.8 Å². The number of hydrogen-bond acceptors (Lipinski definition) is 5. The molecule has 2 aliphatic heterocycles. The Bertz CT molecular complexity index is 709. The molecule has 0 aliphatic carbocycles. The maximum absolute atomic E-state index is 12.7. The summed E-state index contributed by atoms with van der Waals surface area (Å²) in [6.07, 6.45) is 7.03. The lowest BCUT2D eigenvalue weighted by Gasteiger charge is -2.27. The number of pyridine rings is 1. The van der Waals surface area contributed by atoms with Gasteiger partial charge in [-0.2, -0.15) is 0 Å². The highest BCUT2D eigenvalue weighted by Crippen LogP contribution is 2.30. The molecule has 2 aromatic rings. The minimum Gasteiger partial charge on any atom is -0.381 e. The zero-order valence-corrected chi connectivity index (χ0v) is 13.5. The lowest BCUT2D eigenvalue weighted by Crippen LogP contribution is -2.42. The van der Waals surface area contributed by atoms with Gasteiger partial charge in [-0.05, 0) is 37.8 Å². The molecule has 7 nitrogen and oxygen atoms in total. The Kier molecular flexibility index (Phi) is 4.25. The fourth-order valence-corrected chi connectivity index (χ4v) is 3.48. The van der Waals surface area contributed by atoms with Crippen LogP contribution in [-0.4, -0.2) is 44.9 Å². The average molecular weight is 327 g/mol. The first-order valence-corrected chi connectivity index (χ1v) is 8.54. The highest BCUT2D eigenvalue weighted by atomic mass is 16.5. The number of nitrogens with zero attached hydrogens (tertiary/aromatic N) is 4. The summed E-state index contributed by atoms with van der Waals surface area (Å²) in [5.41, 5.74) is 0.981. The first kappa shape index (κ1) is 15.3. The highest BCUT2D eigenvalue weighted by Gasteiger charge is 2.32. The largest absolute Gasteiger partial charge is 0.381 e. The molecular weight excluding hydrogens is 306 g/mol. The number of rotatable bonds is 3. The Balaban J connectivity index is 1.55. The Labute approximate surface area is 140 Å². The van der Waals surface area contributed by atoms with Gasteiger partial charge in [-0.1, -0.05) is 0 Å². The molecule has 4 heterocycles. The number of carbonyl (C=O) groups is 1. The van der Waals surface area contributed by atoms with E-state index in [4.69, 9.17) is 4.74 Å². The van der Waals surface area contributed by atoms with Crippen LogP contribution in [0.1, 0.15) is 37.4 Å². The molecule has 0 saturated carbocycles. The quantitative estimate of drug-likeness (QED) is 0.924.